The number of ether oxygens (including phenoxy) is 1. The van der Waals surface area contributed by atoms with Crippen molar-refractivity contribution in [3.63, 3.8) is 0 Å². The molecule has 0 radical (unpaired) electrons. The minimum Gasteiger partial charge on any atom is -0.493 e. The standard InChI is InChI=1S/C23H21FN2O5S/c1-15-4-5-16(2)22(12-15)32(28,29)31-20-11-6-17(13-21(20)30-3)14-25-26-23(27)18-7-9-19(24)10-8-18/h4-14H,1-3H3,(H,26,27)/b25-14+. The van der Waals surface area contributed by atoms with Crippen LogP contribution in [0.3, 0.4) is 0 Å². The third-order valence-electron chi connectivity index (χ3n) is 4.49. The zero-order chi connectivity index (χ0) is 23.3. The molecule has 0 spiro atoms. The van der Waals surface area contributed by atoms with E-state index in [1.54, 1.807) is 32.0 Å². The normalized spacial score (nSPS) is 11.4. The fourth-order valence-corrected chi connectivity index (χ4v) is 4.06. The summed E-state index contributed by atoms with van der Waals surface area (Å²) in [5, 5.41) is 3.86. The van der Waals surface area contributed by atoms with E-state index >= 15 is 0 Å². The number of hydrogen-bond acceptors (Lipinski definition) is 6. The summed E-state index contributed by atoms with van der Waals surface area (Å²) in [5.74, 6) is -0.764. The van der Waals surface area contributed by atoms with E-state index in [9.17, 15) is 17.6 Å². The summed E-state index contributed by atoms with van der Waals surface area (Å²) in [6.45, 7) is 3.48. The van der Waals surface area contributed by atoms with Gasteiger partial charge in [0.05, 0.1) is 13.3 Å². The molecule has 0 saturated heterocycles. The second kappa shape index (κ2) is 9.61. The molecule has 166 valence electrons. The predicted molar refractivity (Wildman–Crippen MR) is 118 cm³/mol. The molecule has 0 heterocycles. The molecule has 9 heteroatoms. The Hall–Kier alpha value is -3.72. The Morgan fingerprint density at radius 3 is 2.41 bits per heavy atom. The van der Waals surface area contributed by atoms with Crippen molar-refractivity contribution in [1.82, 2.24) is 5.43 Å². The van der Waals surface area contributed by atoms with E-state index in [0.717, 1.165) is 5.56 Å². The molecular weight excluding hydrogens is 435 g/mol. The highest BCUT2D eigenvalue weighted by Gasteiger charge is 2.21. The number of nitrogens with zero attached hydrogens (tertiary/aromatic N) is 1. The van der Waals surface area contributed by atoms with Gasteiger partial charge in [0.2, 0.25) is 0 Å². The van der Waals surface area contributed by atoms with Crippen molar-refractivity contribution < 1.29 is 26.5 Å². The molecular formula is C23H21FN2O5S. The molecule has 32 heavy (non-hydrogen) atoms. The lowest BCUT2D eigenvalue weighted by atomic mass is 10.2. The molecule has 0 fully saturated rings. The van der Waals surface area contributed by atoms with Gasteiger partial charge in [0, 0.05) is 5.56 Å². The maximum Gasteiger partial charge on any atom is 0.339 e. The van der Waals surface area contributed by atoms with Gasteiger partial charge in [0.1, 0.15) is 10.7 Å². The van der Waals surface area contributed by atoms with Gasteiger partial charge in [-0.05, 0) is 79.1 Å². The first-order chi connectivity index (χ1) is 15.2. The maximum absolute atomic E-state index is 12.9. The third kappa shape index (κ3) is 5.50. The van der Waals surface area contributed by atoms with Crippen LogP contribution in [0.2, 0.25) is 0 Å². The largest absolute Gasteiger partial charge is 0.493 e. The molecule has 3 aromatic carbocycles. The van der Waals surface area contributed by atoms with Crippen LogP contribution in [0.5, 0.6) is 11.5 Å². The Balaban J connectivity index is 1.75. The summed E-state index contributed by atoms with van der Waals surface area (Å²) in [4.78, 5) is 12.1. The van der Waals surface area contributed by atoms with E-state index in [1.807, 2.05) is 6.07 Å². The molecule has 3 rings (SSSR count). The van der Waals surface area contributed by atoms with E-state index in [1.165, 1.54) is 49.7 Å². The predicted octanol–water partition coefficient (Wildman–Crippen LogP) is 3.98. The van der Waals surface area contributed by atoms with E-state index in [-0.39, 0.29) is 22.0 Å². The lowest BCUT2D eigenvalue weighted by Gasteiger charge is -2.13. The van der Waals surface area contributed by atoms with Crippen LogP contribution >= 0.6 is 0 Å². The number of carbonyl (C=O) groups excluding carboxylic acids is 1. The van der Waals surface area contributed by atoms with Crippen molar-refractivity contribution in [3.8, 4) is 11.5 Å². The molecule has 0 aliphatic rings. The van der Waals surface area contributed by atoms with Gasteiger partial charge < -0.3 is 8.92 Å². The number of aryl methyl sites for hydroxylation is 2. The Morgan fingerprint density at radius 1 is 1.00 bits per heavy atom. The molecule has 3 aromatic rings. The first-order valence-corrected chi connectivity index (χ1v) is 10.9. The summed E-state index contributed by atoms with van der Waals surface area (Å²) in [6.07, 6.45) is 1.35. The van der Waals surface area contributed by atoms with Crippen molar-refractivity contribution in [2.24, 2.45) is 5.10 Å². The van der Waals surface area contributed by atoms with Crippen LogP contribution in [0.4, 0.5) is 4.39 Å². The molecule has 0 aromatic heterocycles. The van der Waals surface area contributed by atoms with Crippen molar-refractivity contribution in [3.05, 3.63) is 88.7 Å². The van der Waals surface area contributed by atoms with E-state index in [4.69, 9.17) is 8.92 Å². The number of amides is 1. The zero-order valence-corrected chi connectivity index (χ0v) is 18.4. The van der Waals surface area contributed by atoms with E-state index in [0.29, 0.717) is 11.1 Å². The van der Waals surface area contributed by atoms with Crippen LogP contribution in [0.15, 0.2) is 70.7 Å². The minimum absolute atomic E-state index is 0.0147. The number of rotatable bonds is 7. The highest BCUT2D eigenvalue weighted by molar-refractivity contribution is 7.87. The summed E-state index contributed by atoms with van der Waals surface area (Å²) in [7, 11) is -2.69. The third-order valence-corrected chi connectivity index (χ3v) is 5.86. The molecule has 1 N–H and O–H groups in total. The average Bonchev–Trinajstić information content (AvgIpc) is 2.76. The number of hydrazone groups is 1. The lowest BCUT2D eigenvalue weighted by molar-refractivity contribution is 0.0955. The van der Waals surface area contributed by atoms with Crippen LogP contribution in [0.25, 0.3) is 0 Å². The Morgan fingerprint density at radius 2 is 1.72 bits per heavy atom. The van der Waals surface area contributed by atoms with Gasteiger partial charge in [-0.25, -0.2) is 9.82 Å². The number of halogens is 1. The number of nitrogens with one attached hydrogen (secondary N) is 1. The molecule has 0 aliphatic carbocycles. The smallest absolute Gasteiger partial charge is 0.339 e. The highest BCUT2D eigenvalue weighted by atomic mass is 32.2. The molecule has 0 unspecified atom stereocenters. The van der Waals surface area contributed by atoms with E-state index in [2.05, 4.69) is 10.5 Å². The molecule has 0 atom stereocenters. The van der Waals surface area contributed by atoms with Gasteiger partial charge in [-0.15, -0.1) is 0 Å². The first kappa shape index (κ1) is 23.0. The number of methoxy groups -OCH3 is 1. The molecule has 1 amide bonds. The quantitative estimate of drug-likeness (QED) is 0.330. The van der Waals surface area contributed by atoms with Gasteiger partial charge in [-0.3, -0.25) is 4.79 Å². The first-order valence-electron chi connectivity index (χ1n) is 9.48. The molecule has 7 nitrogen and oxygen atoms in total. The minimum atomic E-state index is -4.07. The average molecular weight is 456 g/mol. The highest BCUT2D eigenvalue weighted by Crippen LogP contribution is 2.31. The summed E-state index contributed by atoms with van der Waals surface area (Å²) < 4.78 is 49.0. The van der Waals surface area contributed by atoms with Gasteiger partial charge in [-0.1, -0.05) is 12.1 Å². The Bertz CT molecular complexity index is 1270. The van der Waals surface area contributed by atoms with Gasteiger partial charge in [-0.2, -0.15) is 13.5 Å². The van der Waals surface area contributed by atoms with Crippen LogP contribution in [-0.4, -0.2) is 27.6 Å². The molecule has 0 aliphatic heterocycles. The van der Waals surface area contributed by atoms with Gasteiger partial charge in [0.15, 0.2) is 11.5 Å². The Kier molecular flexibility index (Phi) is 6.89. The fraction of sp³-hybridized carbons (Fsp3) is 0.130. The van der Waals surface area contributed by atoms with Crippen molar-refractivity contribution in [1.29, 1.82) is 0 Å². The van der Waals surface area contributed by atoms with Gasteiger partial charge in [0.25, 0.3) is 5.91 Å². The van der Waals surface area contributed by atoms with Crippen molar-refractivity contribution in [2.75, 3.05) is 7.11 Å². The van der Waals surface area contributed by atoms with E-state index < -0.39 is 21.8 Å². The topological polar surface area (TPSA) is 94.1 Å². The zero-order valence-electron chi connectivity index (χ0n) is 17.6. The fourth-order valence-electron chi connectivity index (χ4n) is 2.80. The number of hydrogen-bond donors (Lipinski definition) is 1. The monoisotopic (exact) mass is 456 g/mol. The second-order valence-corrected chi connectivity index (χ2v) is 8.44. The molecule has 0 bridgehead atoms. The summed E-state index contributed by atoms with van der Waals surface area (Å²) >= 11 is 0. The van der Waals surface area contributed by atoms with Crippen molar-refractivity contribution in [2.45, 2.75) is 18.7 Å². The number of carbonyl (C=O) groups is 1. The van der Waals surface area contributed by atoms with Crippen LogP contribution in [-0.2, 0) is 10.1 Å². The summed E-state index contributed by atoms with van der Waals surface area (Å²) in [6, 6.07) is 14.6. The lowest BCUT2D eigenvalue weighted by Crippen LogP contribution is -2.17. The van der Waals surface area contributed by atoms with Gasteiger partial charge >= 0.3 is 10.1 Å². The maximum atomic E-state index is 12.9. The van der Waals surface area contributed by atoms with Crippen LogP contribution in [0.1, 0.15) is 27.0 Å². The van der Waals surface area contributed by atoms with Crippen LogP contribution in [0, 0.1) is 19.7 Å². The molecule has 0 saturated carbocycles. The van der Waals surface area contributed by atoms with Crippen molar-refractivity contribution >= 4 is 22.2 Å². The van der Waals surface area contributed by atoms with Crippen LogP contribution < -0.4 is 14.3 Å². The second-order valence-electron chi connectivity index (χ2n) is 6.92. The number of benzene rings is 3. The SMILES string of the molecule is COc1cc(/C=N/NC(=O)c2ccc(F)cc2)ccc1OS(=O)(=O)c1cc(C)ccc1C. The Labute approximate surface area is 185 Å². The summed E-state index contributed by atoms with van der Waals surface area (Å²) in [5.41, 5.74) is 4.46.